The van der Waals surface area contributed by atoms with Gasteiger partial charge in [0.15, 0.2) is 0 Å². The Morgan fingerprint density at radius 1 is 1.53 bits per heavy atom. The zero-order valence-corrected chi connectivity index (χ0v) is 11.5. The predicted octanol–water partition coefficient (Wildman–Crippen LogP) is 2.15. The minimum Gasteiger partial charge on any atom is -0.508 e. The summed E-state index contributed by atoms with van der Waals surface area (Å²) in [4.78, 5) is 17.9. The van der Waals surface area contributed by atoms with Crippen molar-refractivity contribution < 1.29 is 9.90 Å². The highest BCUT2D eigenvalue weighted by molar-refractivity contribution is 7.09. The zero-order valence-electron chi connectivity index (χ0n) is 10.7. The number of nitrogens with zero attached hydrogens (tertiary/aromatic N) is 2. The first-order chi connectivity index (χ1) is 8.99. The topological polar surface area (TPSA) is 79.5 Å². The van der Waals surface area contributed by atoms with E-state index >= 15 is 0 Å². The van der Waals surface area contributed by atoms with Crippen molar-refractivity contribution in [1.29, 1.82) is 0 Å². The third kappa shape index (κ3) is 2.91. The largest absolute Gasteiger partial charge is 0.508 e. The standard InChI is InChI=1S/C13H15N3O2S/c1-8(14)12-15-11(7-19-12)13(18)16(2)9-4-3-5-10(17)6-9/h3-8,17H,14H2,1-2H3. The van der Waals surface area contributed by atoms with E-state index < -0.39 is 0 Å². The Morgan fingerprint density at radius 3 is 2.84 bits per heavy atom. The Bertz CT molecular complexity index is 595. The molecule has 0 radical (unpaired) electrons. The highest BCUT2D eigenvalue weighted by atomic mass is 32.1. The number of hydrogen-bond acceptors (Lipinski definition) is 5. The van der Waals surface area contributed by atoms with Gasteiger partial charge in [0.2, 0.25) is 0 Å². The van der Waals surface area contributed by atoms with E-state index in [-0.39, 0.29) is 17.7 Å². The van der Waals surface area contributed by atoms with Crippen LogP contribution in [0.1, 0.15) is 28.5 Å². The van der Waals surface area contributed by atoms with E-state index in [1.54, 1.807) is 30.6 Å². The normalized spacial score (nSPS) is 12.2. The van der Waals surface area contributed by atoms with Crippen LogP contribution in [0.25, 0.3) is 0 Å². The van der Waals surface area contributed by atoms with Gasteiger partial charge in [0.25, 0.3) is 5.91 Å². The first-order valence-electron chi connectivity index (χ1n) is 5.77. The Balaban J connectivity index is 2.23. The maximum absolute atomic E-state index is 12.2. The average Bonchev–Trinajstić information content (AvgIpc) is 2.86. The molecule has 2 rings (SSSR count). The number of aromatic nitrogens is 1. The van der Waals surface area contributed by atoms with Gasteiger partial charge >= 0.3 is 0 Å². The minimum absolute atomic E-state index is 0.117. The fourth-order valence-electron chi connectivity index (χ4n) is 1.59. The lowest BCUT2D eigenvalue weighted by molar-refractivity contribution is 0.0989. The number of nitrogens with two attached hydrogens (primary N) is 1. The van der Waals surface area contributed by atoms with Crippen molar-refractivity contribution in [2.24, 2.45) is 5.73 Å². The maximum atomic E-state index is 12.2. The first kappa shape index (κ1) is 13.5. The summed E-state index contributed by atoms with van der Waals surface area (Å²) in [5.41, 5.74) is 6.70. The molecule has 2 aromatic rings. The number of aromatic hydroxyl groups is 1. The van der Waals surface area contributed by atoms with E-state index in [4.69, 9.17) is 5.73 Å². The van der Waals surface area contributed by atoms with E-state index in [1.807, 2.05) is 6.92 Å². The van der Waals surface area contributed by atoms with Crippen LogP contribution >= 0.6 is 11.3 Å². The first-order valence-corrected chi connectivity index (χ1v) is 6.65. The number of anilines is 1. The van der Waals surface area contributed by atoms with Gasteiger partial charge in [-0.1, -0.05) is 6.07 Å². The summed E-state index contributed by atoms with van der Waals surface area (Å²) in [6.45, 7) is 1.83. The van der Waals surface area contributed by atoms with Crippen LogP contribution in [-0.4, -0.2) is 23.0 Å². The summed E-state index contributed by atoms with van der Waals surface area (Å²) in [6.07, 6.45) is 0. The molecule has 0 aliphatic rings. The van der Waals surface area contributed by atoms with Gasteiger partial charge in [0, 0.05) is 24.2 Å². The second-order valence-corrected chi connectivity index (χ2v) is 5.13. The summed E-state index contributed by atoms with van der Waals surface area (Å²) in [5.74, 6) is -0.111. The van der Waals surface area contributed by atoms with E-state index in [0.717, 1.165) is 5.01 Å². The number of hydrogen-bond donors (Lipinski definition) is 2. The minimum atomic E-state index is -0.228. The van der Waals surface area contributed by atoms with Crippen molar-refractivity contribution in [3.8, 4) is 5.75 Å². The van der Waals surface area contributed by atoms with Gasteiger partial charge < -0.3 is 15.7 Å². The molecule has 100 valence electrons. The molecule has 5 nitrogen and oxygen atoms in total. The van der Waals surface area contributed by atoms with Crippen LogP contribution in [0.5, 0.6) is 5.75 Å². The van der Waals surface area contributed by atoms with Crippen LogP contribution in [0, 0.1) is 0 Å². The molecule has 0 bridgehead atoms. The summed E-state index contributed by atoms with van der Waals surface area (Å²) in [7, 11) is 1.64. The van der Waals surface area contributed by atoms with Crippen molar-refractivity contribution in [3.63, 3.8) is 0 Å². The van der Waals surface area contributed by atoms with Crippen molar-refractivity contribution in [1.82, 2.24) is 4.98 Å². The number of benzene rings is 1. The lowest BCUT2D eigenvalue weighted by Crippen LogP contribution is -2.26. The van der Waals surface area contributed by atoms with Gasteiger partial charge in [0.05, 0.1) is 6.04 Å². The molecule has 0 spiro atoms. The molecule has 0 fully saturated rings. The summed E-state index contributed by atoms with van der Waals surface area (Å²) < 4.78 is 0. The molecule has 1 aromatic carbocycles. The maximum Gasteiger partial charge on any atom is 0.277 e. The monoisotopic (exact) mass is 277 g/mol. The van der Waals surface area contributed by atoms with Gasteiger partial charge in [-0.3, -0.25) is 4.79 Å². The lowest BCUT2D eigenvalue weighted by Gasteiger charge is -2.16. The molecule has 19 heavy (non-hydrogen) atoms. The number of amides is 1. The zero-order chi connectivity index (χ0) is 14.0. The fourth-order valence-corrected chi connectivity index (χ4v) is 2.34. The molecular weight excluding hydrogens is 262 g/mol. The van der Waals surface area contributed by atoms with Gasteiger partial charge in [-0.15, -0.1) is 11.3 Å². The van der Waals surface area contributed by atoms with Crippen LogP contribution in [0.2, 0.25) is 0 Å². The van der Waals surface area contributed by atoms with Crippen molar-refractivity contribution in [2.45, 2.75) is 13.0 Å². The van der Waals surface area contributed by atoms with Crippen molar-refractivity contribution in [3.05, 3.63) is 40.3 Å². The third-order valence-corrected chi connectivity index (χ3v) is 3.70. The van der Waals surface area contributed by atoms with E-state index in [9.17, 15) is 9.90 Å². The molecule has 1 aromatic heterocycles. The number of phenolic OH excluding ortho intramolecular Hbond substituents is 1. The smallest absolute Gasteiger partial charge is 0.277 e. The number of thiazole rings is 1. The average molecular weight is 277 g/mol. The molecule has 0 saturated carbocycles. The van der Waals surface area contributed by atoms with E-state index in [2.05, 4.69) is 4.98 Å². The molecule has 0 saturated heterocycles. The second kappa shape index (κ2) is 5.38. The molecule has 6 heteroatoms. The Labute approximate surface area is 115 Å². The molecule has 1 amide bonds. The predicted molar refractivity (Wildman–Crippen MR) is 75.6 cm³/mol. The van der Waals surface area contributed by atoms with Crippen LogP contribution in [0.15, 0.2) is 29.6 Å². The van der Waals surface area contributed by atoms with E-state index in [1.165, 1.54) is 22.3 Å². The quantitative estimate of drug-likeness (QED) is 0.901. The van der Waals surface area contributed by atoms with Crippen molar-refractivity contribution >= 4 is 22.9 Å². The van der Waals surface area contributed by atoms with Gasteiger partial charge in [-0.2, -0.15) is 0 Å². The summed E-state index contributed by atoms with van der Waals surface area (Å²) in [5, 5.41) is 11.8. The second-order valence-electron chi connectivity index (χ2n) is 4.24. The van der Waals surface area contributed by atoms with Crippen LogP contribution < -0.4 is 10.6 Å². The van der Waals surface area contributed by atoms with Gasteiger partial charge in [-0.05, 0) is 19.1 Å². The number of phenols is 1. The fraction of sp³-hybridized carbons (Fsp3) is 0.231. The molecule has 3 N–H and O–H groups in total. The van der Waals surface area contributed by atoms with Gasteiger partial charge in [0.1, 0.15) is 16.5 Å². The SMILES string of the molecule is CC(N)c1nc(C(=O)N(C)c2cccc(O)c2)cs1. The van der Waals surface area contributed by atoms with Gasteiger partial charge in [-0.25, -0.2) is 4.98 Å². The number of rotatable bonds is 3. The molecule has 1 atom stereocenters. The Kier molecular flexibility index (Phi) is 3.82. The third-order valence-electron chi connectivity index (χ3n) is 2.65. The number of carbonyl (C=O) groups is 1. The molecular formula is C13H15N3O2S. The Morgan fingerprint density at radius 2 is 2.26 bits per heavy atom. The van der Waals surface area contributed by atoms with Crippen LogP contribution in [0.4, 0.5) is 5.69 Å². The van der Waals surface area contributed by atoms with Crippen LogP contribution in [0.3, 0.4) is 0 Å². The number of carbonyl (C=O) groups excluding carboxylic acids is 1. The Hall–Kier alpha value is -1.92. The van der Waals surface area contributed by atoms with Crippen molar-refractivity contribution in [2.75, 3.05) is 11.9 Å². The summed E-state index contributed by atoms with van der Waals surface area (Å²) in [6, 6.07) is 6.33. The highest BCUT2D eigenvalue weighted by Gasteiger charge is 2.18. The molecule has 0 aliphatic carbocycles. The van der Waals surface area contributed by atoms with Crippen LogP contribution in [-0.2, 0) is 0 Å². The molecule has 1 unspecified atom stereocenters. The highest BCUT2D eigenvalue weighted by Crippen LogP contribution is 2.22. The summed E-state index contributed by atoms with van der Waals surface area (Å²) >= 11 is 1.37. The lowest BCUT2D eigenvalue weighted by atomic mass is 10.2. The van der Waals surface area contributed by atoms with E-state index in [0.29, 0.717) is 11.4 Å². The molecule has 1 heterocycles. The molecule has 0 aliphatic heterocycles.